The van der Waals surface area contributed by atoms with Gasteiger partial charge in [-0.1, -0.05) is 0 Å². The number of carbonyl (C=O) groups is 1. The molecule has 2 aliphatic rings. The molecule has 0 unspecified atom stereocenters. The molecule has 2 fully saturated rings. The summed E-state index contributed by atoms with van der Waals surface area (Å²) in [5.74, 6) is 0.0549. The number of hydrogen-bond acceptors (Lipinski definition) is 2. The Morgan fingerprint density at radius 1 is 1.29 bits per heavy atom. The number of nitrogens with zero attached hydrogens (tertiary/aromatic N) is 2. The summed E-state index contributed by atoms with van der Waals surface area (Å²) in [4.78, 5) is 15.1. The molecule has 3 rings (SSSR count). The maximum absolute atomic E-state index is 12.5. The normalized spacial score (nSPS) is 21.0. The van der Waals surface area contributed by atoms with Gasteiger partial charge in [-0.3, -0.25) is 4.79 Å². The molecule has 21 heavy (non-hydrogen) atoms. The molecule has 0 radical (unpaired) electrons. The SMILES string of the molecule is CC(C)n1cc(Br)cc1C(=O)NC1CCN(C2CC2)CC1. The first-order valence-corrected chi connectivity index (χ1v) is 8.76. The third-order valence-corrected chi connectivity index (χ3v) is 4.97. The number of nitrogens with one attached hydrogen (secondary N) is 1. The van der Waals surface area contributed by atoms with Crippen molar-refractivity contribution < 1.29 is 4.79 Å². The van der Waals surface area contributed by atoms with Gasteiger partial charge in [0, 0.05) is 41.9 Å². The smallest absolute Gasteiger partial charge is 0.268 e. The third-order valence-electron chi connectivity index (χ3n) is 4.53. The lowest BCUT2D eigenvalue weighted by atomic mass is 10.0. The Labute approximate surface area is 135 Å². The average molecular weight is 354 g/mol. The van der Waals surface area contributed by atoms with Crippen LogP contribution in [0, 0.1) is 0 Å². The van der Waals surface area contributed by atoms with Gasteiger partial charge < -0.3 is 14.8 Å². The molecule has 1 saturated carbocycles. The van der Waals surface area contributed by atoms with Crippen molar-refractivity contribution in [2.45, 2.75) is 57.7 Å². The monoisotopic (exact) mass is 353 g/mol. The Hall–Kier alpha value is -0.810. The lowest BCUT2D eigenvalue weighted by molar-refractivity contribution is 0.0898. The maximum atomic E-state index is 12.5. The molecule has 4 nitrogen and oxygen atoms in total. The zero-order valence-corrected chi connectivity index (χ0v) is 14.4. The minimum Gasteiger partial charge on any atom is -0.348 e. The van der Waals surface area contributed by atoms with Gasteiger partial charge in [-0.25, -0.2) is 0 Å². The van der Waals surface area contributed by atoms with Gasteiger partial charge >= 0.3 is 0 Å². The fourth-order valence-electron chi connectivity index (χ4n) is 3.16. The Morgan fingerprint density at radius 2 is 1.95 bits per heavy atom. The van der Waals surface area contributed by atoms with Crippen molar-refractivity contribution in [3.8, 4) is 0 Å². The van der Waals surface area contributed by atoms with Crippen LogP contribution in [0.2, 0.25) is 0 Å². The first-order chi connectivity index (χ1) is 10.0. The van der Waals surface area contributed by atoms with Gasteiger partial charge in [0.1, 0.15) is 5.69 Å². The Kier molecular flexibility index (Phi) is 4.41. The number of aromatic nitrogens is 1. The van der Waals surface area contributed by atoms with Crippen LogP contribution in [0.3, 0.4) is 0 Å². The van der Waals surface area contributed by atoms with Crippen LogP contribution in [-0.2, 0) is 0 Å². The van der Waals surface area contributed by atoms with Gasteiger partial charge in [-0.2, -0.15) is 0 Å². The molecule has 1 aliphatic carbocycles. The molecule has 0 spiro atoms. The second-order valence-electron chi connectivity index (χ2n) is 6.56. The van der Waals surface area contributed by atoms with Crippen LogP contribution < -0.4 is 5.32 Å². The van der Waals surface area contributed by atoms with Crippen LogP contribution in [0.1, 0.15) is 56.1 Å². The van der Waals surface area contributed by atoms with E-state index in [1.807, 2.05) is 16.8 Å². The minimum absolute atomic E-state index is 0.0549. The Bertz CT molecular complexity index is 514. The second-order valence-corrected chi connectivity index (χ2v) is 7.48. The molecule has 5 heteroatoms. The standard InChI is InChI=1S/C16H24BrN3O/c1-11(2)20-10-12(17)9-15(20)16(21)18-13-5-7-19(8-6-13)14-3-4-14/h9-11,13-14H,3-8H2,1-2H3,(H,18,21). The van der Waals surface area contributed by atoms with Gasteiger partial charge in [0.25, 0.3) is 5.91 Å². The molecule has 0 aromatic carbocycles. The molecular weight excluding hydrogens is 330 g/mol. The van der Waals surface area contributed by atoms with Crippen molar-refractivity contribution in [3.05, 3.63) is 22.4 Å². The first kappa shape index (κ1) is 15.1. The summed E-state index contributed by atoms with van der Waals surface area (Å²) in [6, 6.07) is 3.36. The summed E-state index contributed by atoms with van der Waals surface area (Å²) < 4.78 is 2.99. The summed E-state index contributed by atoms with van der Waals surface area (Å²) in [6.07, 6.45) is 6.87. The lowest BCUT2D eigenvalue weighted by Crippen LogP contribution is -2.45. The number of amides is 1. The number of likely N-dealkylation sites (tertiary alicyclic amines) is 1. The molecule has 1 saturated heterocycles. The van der Waals surface area contributed by atoms with E-state index in [4.69, 9.17) is 0 Å². The van der Waals surface area contributed by atoms with Crippen LogP contribution in [-0.4, -0.2) is 40.5 Å². The summed E-state index contributed by atoms with van der Waals surface area (Å²) in [5.41, 5.74) is 0.751. The first-order valence-electron chi connectivity index (χ1n) is 7.97. The van der Waals surface area contributed by atoms with Crippen molar-refractivity contribution in [2.24, 2.45) is 0 Å². The van der Waals surface area contributed by atoms with E-state index < -0.39 is 0 Å². The van der Waals surface area contributed by atoms with E-state index in [-0.39, 0.29) is 11.9 Å². The fraction of sp³-hybridized carbons (Fsp3) is 0.688. The van der Waals surface area contributed by atoms with Gasteiger partial charge in [0.15, 0.2) is 0 Å². The summed E-state index contributed by atoms with van der Waals surface area (Å²) in [7, 11) is 0. The Balaban J connectivity index is 1.59. The molecule has 2 heterocycles. The summed E-state index contributed by atoms with van der Waals surface area (Å²) in [5, 5.41) is 3.22. The number of piperidine rings is 1. The molecule has 0 atom stereocenters. The minimum atomic E-state index is 0.0549. The highest BCUT2D eigenvalue weighted by Crippen LogP contribution is 2.29. The van der Waals surface area contributed by atoms with E-state index in [1.54, 1.807) is 0 Å². The number of rotatable bonds is 4. The highest BCUT2D eigenvalue weighted by molar-refractivity contribution is 9.10. The zero-order chi connectivity index (χ0) is 15.0. The Morgan fingerprint density at radius 3 is 2.52 bits per heavy atom. The molecule has 116 valence electrons. The number of halogens is 1. The van der Waals surface area contributed by atoms with Crippen molar-refractivity contribution in [1.82, 2.24) is 14.8 Å². The molecule has 0 bridgehead atoms. The van der Waals surface area contributed by atoms with Crippen LogP contribution >= 0.6 is 15.9 Å². The van der Waals surface area contributed by atoms with Gasteiger partial charge in [-0.15, -0.1) is 0 Å². The predicted octanol–water partition coefficient (Wildman–Crippen LogP) is 3.19. The largest absolute Gasteiger partial charge is 0.348 e. The van der Waals surface area contributed by atoms with Crippen LogP contribution in [0.4, 0.5) is 0 Å². The van der Waals surface area contributed by atoms with E-state index in [9.17, 15) is 4.79 Å². The van der Waals surface area contributed by atoms with Crippen molar-refractivity contribution in [2.75, 3.05) is 13.1 Å². The number of carbonyl (C=O) groups excluding carboxylic acids is 1. The third kappa shape index (κ3) is 3.51. The van der Waals surface area contributed by atoms with Crippen molar-refractivity contribution in [1.29, 1.82) is 0 Å². The quantitative estimate of drug-likeness (QED) is 0.902. The van der Waals surface area contributed by atoms with E-state index in [1.165, 1.54) is 12.8 Å². The topological polar surface area (TPSA) is 37.3 Å². The van der Waals surface area contributed by atoms with Crippen molar-refractivity contribution in [3.63, 3.8) is 0 Å². The molecule has 1 amide bonds. The van der Waals surface area contributed by atoms with E-state index in [0.717, 1.165) is 42.1 Å². The summed E-state index contributed by atoms with van der Waals surface area (Å²) >= 11 is 3.47. The molecular formula is C16H24BrN3O. The van der Waals surface area contributed by atoms with E-state index >= 15 is 0 Å². The molecule has 1 N–H and O–H groups in total. The predicted molar refractivity (Wildman–Crippen MR) is 87.6 cm³/mol. The van der Waals surface area contributed by atoms with Crippen molar-refractivity contribution >= 4 is 21.8 Å². The second kappa shape index (κ2) is 6.13. The maximum Gasteiger partial charge on any atom is 0.268 e. The van der Waals surface area contributed by atoms with Gasteiger partial charge in [-0.05, 0) is 61.5 Å². The van der Waals surface area contributed by atoms with Crippen LogP contribution in [0.25, 0.3) is 0 Å². The number of hydrogen-bond donors (Lipinski definition) is 1. The fourth-order valence-corrected chi connectivity index (χ4v) is 3.60. The van der Waals surface area contributed by atoms with Gasteiger partial charge in [0.05, 0.1) is 0 Å². The average Bonchev–Trinajstić information content (AvgIpc) is 3.21. The van der Waals surface area contributed by atoms with Crippen LogP contribution in [0.5, 0.6) is 0 Å². The van der Waals surface area contributed by atoms with Gasteiger partial charge in [0.2, 0.25) is 0 Å². The van der Waals surface area contributed by atoms with E-state index in [0.29, 0.717) is 6.04 Å². The zero-order valence-electron chi connectivity index (χ0n) is 12.8. The molecule has 1 aromatic rings. The lowest BCUT2D eigenvalue weighted by Gasteiger charge is -2.32. The molecule has 1 aromatic heterocycles. The summed E-state index contributed by atoms with van der Waals surface area (Å²) in [6.45, 7) is 6.45. The molecule has 1 aliphatic heterocycles. The highest BCUT2D eigenvalue weighted by atomic mass is 79.9. The van der Waals surface area contributed by atoms with E-state index in [2.05, 4.69) is 40.0 Å². The highest BCUT2D eigenvalue weighted by Gasteiger charge is 2.32. The van der Waals surface area contributed by atoms with Crippen LogP contribution in [0.15, 0.2) is 16.7 Å².